The van der Waals surface area contributed by atoms with Gasteiger partial charge in [-0.25, -0.2) is 0 Å². The number of hydrogen-bond donors (Lipinski definition) is 0. The van der Waals surface area contributed by atoms with Gasteiger partial charge in [0.25, 0.3) is 0 Å². The molecule has 1 heterocycles. The van der Waals surface area contributed by atoms with E-state index < -0.39 is 8.01 Å². The topological polar surface area (TPSA) is 26.3 Å². The van der Waals surface area contributed by atoms with Crippen molar-refractivity contribution in [1.29, 1.82) is 0 Å². The third kappa shape index (κ3) is 7.22. The van der Waals surface area contributed by atoms with Gasteiger partial charge in [0.15, 0.2) is 0 Å². The normalized spacial score (nSPS) is 11.0. The summed E-state index contributed by atoms with van der Waals surface area (Å²) in [5.74, 6) is 1.37. The van der Waals surface area contributed by atoms with Crippen molar-refractivity contribution in [3.05, 3.63) is 145 Å². The van der Waals surface area contributed by atoms with Gasteiger partial charge in [0.2, 0.25) is 8.01 Å². The predicted octanol–water partition coefficient (Wildman–Crippen LogP) is 13.0. The van der Waals surface area contributed by atoms with Crippen LogP contribution in [0.15, 0.2) is 142 Å². The highest BCUT2D eigenvalue weighted by Crippen LogP contribution is 2.39. The molecule has 218 valence electrons. The fourth-order valence-corrected chi connectivity index (χ4v) is 6.40. The first-order valence-electron chi connectivity index (χ1n) is 15.2. The number of fused-ring (bicyclic) bond motifs is 7. The number of aryl methyl sites for hydroxylation is 1. The van der Waals surface area contributed by atoms with Gasteiger partial charge in [-0.2, -0.15) is 0 Å². The number of rotatable bonds is 3. The molecule has 0 saturated heterocycles. The second-order valence-corrected chi connectivity index (χ2v) is 12.7. The summed E-state index contributed by atoms with van der Waals surface area (Å²) < 4.78 is 12.3. The molecule has 43 heavy (non-hydrogen) atoms. The van der Waals surface area contributed by atoms with Crippen molar-refractivity contribution in [2.24, 2.45) is 12.6 Å². The van der Waals surface area contributed by atoms with Crippen LogP contribution in [-0.4, -0.2) is 0 Å². The van der Waals surface area contributed by atoms with Crippen molar-refractivity contribution in [3.63, 3.8) is 0 Å². The van der Waals surface area contributed by atoms with Crippen LogP contribution in [0, 0.1) is 5.92 Å². The minimum Gasteiger partial charge on any atom is -0.419 e. The molecule has 0 atom stereocenters. The maximum Gasteiger partial charge on any atom is 0.213 e. The summed E-state index contributed by atoms with van der Waals surface area (Å²) in [5, 5.41) is 7.07. The average Bonchev–Trinajstić information content (AvgIpc) is 3.18. The van der Waals surface area contributed by atoms with Gasteiger partial charge in [-0.3, -0.25) is 0 Å². The smallest absolute Gasteiger partial charge is 0.213 e. The van der Waals surface area contributed by atoms with Crippen molar-refractivity contribution in [2.75, 3.05) is 0 Å². The molecule has 7 aromatic rings. The van der Waals surface area contributed by atoms with E-state index in [-0.39, 0.29) is 0 Å². The van der Waals surface area contributed by atoms with Gasteiger partial charge in [0.1, 0.15) is 11.2 Å². The van der Waals surface area contributed by atoms with Crippen LogP contribution in [0.5, 0.6) is 0 Å². The van der Waals surface area contributed by atoms with Crippen molar-refractivity contribution in [2.45, 2.75) is 40.0 Å². The van der Waals surface area contributed by atoms with Gasteiger partial charge in [-0.05, 0) is 57.1 Å². The van der Waals surface area contributed by atoms with Gasteiger partial charge >= 0.3 is 0 Å². The molecular formula is C40H41O2P. The summed E-state index contributed by atoms with van der Waals surface area (Å²) >= 11 is 0. The van der Waals surface area contributed by atoms with Gasteiger partial charge in [-0.1, -0.05) is 149 Å². The summed E-state index contributed by atoms with van der Waals surface area (Å²) in [4.78, 5) is 0. The molecule has 0 spiro atoms. The molecule has 0 unspecified atom stereocenters. The molecule has 0 N–H and O–H groups in total. The molecule has 3 heteroatoms. The van der Waals surface area contributed by atoms with E-state index in [1.165, 1.54) is 32.7 Å². The highest BCUT2D eigenvalue weighted by molar-refractivity contribution is 7.35. The summed E-state index contributed by atoms with van der Waals surface area (Å²) in [7, 11) is -1.00. The zero-order valence-corrected chi connectivity index (χ0v) is 26.7. The zero-order chi connectivity index (χ0) is 30.2. The lowest BCUT2D eigenvalue weighted by molar-refractivity contribution is 0.644. The van der Waals surface area contributed by atoms with Gasteiger partial charge < -0.3 is 8.39 Å². The summed E-state index contributed by atoms with van der Waals surface area (Å²) in [6.45, 7) is 10.7. The molecule has 2 nitrogen and oxygen atoms in total. The number of benzene rings is 6. The minimum atomic E-state index is -1.00. The van der Waals surface area contributed by atoms with Crippen molar-refractivity contribution in [3.8, 4) is 0 Å². The van der Waals surface area contributed by atoms with Crippen LogP contribution in [0.4, 0.5) is 0 Å². The van der Waals surface area contributed by atoms with E-state index in [0.717, 1.165) is 34.3 Å². The Morgan fingerprint density at radius 2 is 0.884 bits per heavy atom. The van der Waals surface area contributed by atoms with Gasteiger partial charge in [0, 0.05) is 23.4 Å². The largest absolute Gasteiger partial charge is 0.419 e. The third-order valence-corrected chi connectivity index (χ3v) is 8.21. The Morgan fingerprint density at radius 3 is 1.28 bits per heavy atom. The van der Waals surface area contributed by atoms with Crippen LogP contribution >= 0.6 is 8.01 Å². The molecule has 7 rings (SSSR count). The molecule has 0 fully saturated rings. The van der Waals surface area contributed by atoms with E-state index in [2.05, 4.69) is 161 Å². The van der Waals surface area contributed by atoms with E-state index in [0.29, 0.717) is 5.92 Å². The molecule has 0 aliphatic carbocycles. The molecule has 1 aromatic heterocycles. The summed E-state index contributed by atoms with van der Waals surface area (Å²) in [6, 6.07) is 46.7. The third-order valence-electron chi connectivity index (χ3n) is 7.30. The molecular weight excluding hydrogens is 543 g/mol. The standard InChI is InChI=1S/C21H15O2P.C15H16.C4H10/c1-24-22-18-12-10-14-6-2-4-8-16(14)20(18)21-17-9-5-3-7-15(17)11-13-19(21)23-24;1-2-15(13-9-5-3-6-10-13)14-11-7-4-8-12-14;1-4(2)3/h2-13H,1H3;3-12,15H,2H2,1H3;4H,1-3H3. The Labute approximate surface area is 256 Å². The molecule has 0 aliphatic rings. The van der Waals surface area contributed by atoms with Crippen molar-refractivity contribution < 1.29 is 8.39 Å². The van der Waals surface area contributed by atoms with E-state index in [9.17, 15) is 0 Å². The Kier molecular flexibility index (Phi) is 10.0. The number of hydrogen-bond acceptors (Lipinski definition) is 2. The van der Waals surface area contributed by atoms with Crippen LogP contribution in [0.2, 0.25) is 0 Å². The second kappa shape index (κ2) is 14.3. The fourth-order valence-electron chi connectivity index (χ4n) is 5.50. The van der Waals surface area contributed by atoms with E-state index >= 15 is 0 Å². The van der Waals surface area contributed by atoms with Gasteiger partial charge in [0.05, 0.1) is 0 Å². The maximum absolute atomic E-state index is 6.14. The van der Waals surface area contributed by atoms with Crippen LogP contribution < -0.4 is 0 Å². The van der Waals surface area contributed by atoms with E-state index in [4.69, 9.17) is 8.39 Å². The van der Waals surface area contributed by atoms with Crippen molar-refractivity contribution in [1.82, 2.24) is 0 Å². The lowest BCUT2D eigenvalue weighted by atomic mass is 9.89. The summed E-state index contributed by atoms with van der Waals surface area (Å²) in [5.41, 5.74) is 4.62. The highest BCUT2D eigenvalue weighted by Gasteiger charge is 2.12. The average molecular weight is 585 g/mol. The Bertz CT molecular complexity index is 1820. The fraction of sp³-hybridized carbons (Fsp3) is 0.200. The van der Waals surface area contributed by atoms with E-state index in [1.807, 2.05) is 6.66 Å². The van der Waals surface area contributed by atoms with Crippen LogP contribution in [0.1, 0.15) is 51.2 Å². The Morgan fingerprint density at radius 1 is 0.512 bits per heavy atom. The Hall–Kier alpha value is -4.26. The highest BCUT2D eigenvalue weighted by atomic mass is 31.1. The maximum atomic E-state index is 6.14. The Balaban J connectivity index is 0.000000166. The van der Waals surface area contributed by atoms with Crippen molar-refractivity contribution >= 4 is 51.5 Å². The SMILES string of the molecule is CC(C)C.CCC(c1ccccc1)c1ccccc1.Cp1oc2ccc3ccccc3c2c2c(ccc3ccccc32)o1. The van der Waals surface area contributed by atoms with E-state index in [1.54, 1.807) is 0 Å². The van der Waals surface area contributed by atoms with Crippen LogP contribution in [-0.2, 0) is 6.66 Å². The van der Waals surface area contributed by atoms with Crippen LogP contribution in [0.25, 0.3) is 43.5 Å². The lowest BCUT2D eigenvalue weighted by Gasteiger charge is -2.15. The first-order chi connectivity index (χ1) is 21.0. The second-order valence-electron chi connectivity index (χ2n) is 11.5. The molecule has 0 saturated carbocycles. The zero-order valence-electron chi connectivity index (χ0n) is 25.8. The van der Waals surface area contributed by atoms with Crippen LogP contribution in [0.3, 0.4) is 0 Å². The predicted molar refractivity (Wildman–Crippen MR) is 188 cm³/mol. The first-order valence-corrected chi connectivity index (χ1v) is 16.8. The monoisotopic (exact) mass is 584 g/mol. The minimum absolute atomic E-state index is 0.535. The molecule has 0 amide bonds. The molecule has 0 aliphatic heterocycles. The molecule has 0 bridgehead atoms. The molecule has 6 aromatic carbocycles. The summed E-state index contributed by atoms with van der Waals surface area (Å²) in [6.07, 6.45) is 1.15. The quantitative estimate of drug-likeness (QED) is 0.206. The molecule has 0 radical (unpaired) electrons. The van der Waals surface area contributed by atoms with Gasteiger partial charge in [-0.15, -0.1) is 0 Å². The first kappa shape index (κ1) is 30.2. The lowest BCUT2D eigenvalue weighted by Crippen LogP contribution is -1.98.